The zero-order chi connectivity index (χ0) is 18.9. The molecule has 0 aromatic carbocycles. The van der Waals surface area contributed by atoms with E-state index in [1.807, 2.05) is 0 Å². The summed E-state index contributed by atoms with van der Waals surface area (Å²) in [4.78, 5) is 24.1. The molecule has 0 aromatic rings. The van der Waals surface area contributed by atoms with Crippen LogP contribution in [0.5, 0.6) is 0 Å². The lowest BCUT2D eigenvalue weighted by molar-refractivity contribution is -0.146. The number of aliphatic hydroxyl groups is 5. The van der Waals surface area contributed by atoms with Crippen LogP contribution in [0.2, 0.25) is 0 Å². The van der Waals surface area contributed by atoms with Gasteiger partial charge in [0.05, 0.1) is 18.8 Å². The number of unbranched alkanes of at least 4 members (excludes halogenated alkanes) is 1. The van der Waals surface area contributed by atoms with Crippen LogP contribution in [0.25, 0.3) is 0 Å². The molecule has 1 unspecified atom stereocenters. The number of ketones is 1. The average molecular weight is 351 g/mol. The molecule has 10 N–H and O–H groups in total. The molecule has 0 aromatic heterocycles. The van der Waals surface area contributed by atoms with Gasteiger partial charge in [0.1, 0.15) is 24.4 Å². The molecular weight excluding hydrogens is 322 g/mol. The van der Waals surface area contributed by atoms with Gasteiger partial charge in [-0.1, -0.05) is 6.42 Å². The van der Waals surface area contributed by atoms with Crippen LogP contribution in [0.15, 0.2) is 0 Å². The van der Waals surface area contributed by atoms with Crippen molar-refractivity contribution in [3.8, 4) is 0 Å². The zero-order valence-corrected chi connectivity index (χ0v) is 13.7. The number of amides is 1. The lowest BCUT2D eigenvalue weighted by atomic mass is 9.96. The predicted molar refractivity (Wildman–Crippen MR) is 84.6 cm³/mol. The van der Waals surface area contributed by atoms with Crippen LogP contribution >= 0.6 is 0 Å². The third kappa shape index (κ3) is 7.18. The van der Waals surface area contributed by atoms with Crippen molar-refractivity contribution >= 4 is 11.7 Å². The van der Waals surface area contributed by atoms with Crippen LogP contribution in [-0.2, 0) is 9.59 Å². The minimum Gasteiger partial charge on any atom is -0.394 e. The molecule has 0 radical (unpaired) electrons. The first-order valence-electron chi connectivity index (χ1n) is 7.80. The summed E-state index contributed by atoms with van der Waals surface area (Å²) in [6.45, 7) is 0.800. The molecule has 142 valence electrons. The van der Waals surface area contributed by atoms with Gasteiger partial charge >= 0.3 is 0 Å². The van der Waals surface area contributed by atoms with Gasteiger partial charge in [-0.3, -0.25) is 9.59 Å². The van der Waals surface area contributed by atoms with E-state index in [4.69, 9.17) is 16.6 Å². The molecule has 0 heterocycles. The van der Waals surface area contributed by atoms with Crippen molar-refractivity contribution in [1.82, 2.24) is 5.32 Å². The Morgan fingerprint density at radius 3 is 2.17 bits per heavy atom. The van der Waals surface area contributed by atoms with Crippen LogP contribution in [0.3, 0.4) is 0 Å². The van der Waals surface area contributed by atoms with Crippen molar-refractivity contribution in [2.45, 2.75) is 62.7 Å². The molecule has 24 heavy (non-hydrogen) atoms. The number of aliphatic hydroxyl groups excluding tert-OH is 5. The molecule has 0 spiro atoms. The monoisotopic (exact) mass is 351 g/mol. The predicted octanol–water partition coefficient (Wildman–Crippen LogP) is -4.05. The first kappa shape index (κ1) is 22.9. The second-order valence-corrected chi connectivity index (χ2v) is 5.71. The molecule has 0 bridgehead atoms. The van der Waals surface area contributed by atoms with E-state index in [2.05, 4.69) is 5.32 Å². The molecule has 10 heteroatoms. The number of nitrogens with one attached hydrogen (secondary N) is 1. The topological polar surface area (TPSA) is 199 Å². The summed E-state index contributed by atoms with van der Waals surface area (Å²) in [5.41, 5.74) is 11.0. The minimum atomic E-state index is -2.10. The number of nitrogens with two attached hydrogens (primary N) is 2. The highest BCUT2D eigenvalue weighted by molar-refractivity contribution is 5.94. The average Bonchev–Trinajstić information content (AvgIpc) is 2.56. The number of hydrogen-bond acceptors (Lipinski definition) is 9. The van der Waals surface area contributed by atoms with Crippen molar-refractivity contribution in [2.24, 2.45) is 11.5 Å². The van der Waals surface area contributed by atoms with Crippen LogP contribution in [0.1, 0.15) is 26.2 Å². The van der Waals surface area contributed by atoms with Crippen LogP contribution in [0.4, 0.5) is 0 Å². The zero-order valence-electron chi connectivity index (χ0n) is 13.7. The fraction of sp³-hybridized carbons (Fsp3) is 0.857. The summed E-state index contributed by atoms with van der Waals surface area (Å²) >= 11 is 0. The van der Waals surface area contributed by atoms with Gasteiger partial charge < -0.3 is 42.3 Å². The van der Waals surface area contributed by atoms with Gasteiger partial charge in [0, 0.05) is 0 Å². The summed E-state index contributed by atoms with van der Waals surface area (Å²) < 4.78 is 0. The number of carbonyl (C=O) groups excluding carboxylic acids is 2. The summed E-state index contributed by atoms with van der Waals surface area (Å²) in [6, 6.07) is -2.44. The van der Waals surface area contributed by atoms with E-state index in [9.17, 15) is 30.0 Å². The first-order valence-corrected chi connectivity index (χ1v) is 7.80. The lowest BCUT2D eigenvalue weighted by Gasteiger charge is -2.27. The highest BCUT2D eigenvalue weighted by atomic mass is 16.4. The molecule has 0 fully saturated rings. The highest BCUT2D eigenvalue weighted by Gasteiger charge is 2.37. The van der Waals surface area contributed by atoms with Gasteiger partial charge in [-0.2, -0.15) is 0 Å². The van der Waals surface area contributed by atoms with Gasteiger partial charge in [-0.15, -0.1) is 0 Å². The van der Waals surface area contributed by atoms with Crippen molar-refractivity contribution < 1.29 is 35.1 Å². The molecule has 0 saturated heterocycles. The molecule has 0 saturated carbocycles. The number of Topliss-reactive ketones (excluding diaryl/α,β-unsaturated/α-hetero) is 1. The molecule has 10 nitrogen and oxygen atoms in total. The molecule has 0 aliphatic carbocycles. The van der Waals surface area contributed by atoms with Crippen molar-refractivity contribution in [3.63, 3.8) is 0 Å². The smallest absolute Gasteiger partial charge is 0.237 e. The quantitative estimate of drug-likeness (QED) is 0.161. The Morgan fingerprint density at radius 1 is 1.12 bits per heavy atom. The Bertz CT molecular complexity index is 395. The molecular formula is C14H29N3O7. The van der Waals surface area contributed by atoms with Crippen molar-refractivity contribution in [2.75, 3.05) is 13.2 Å². The van der Waals surface area contributed by atoms with Crippen molar-refractivity contribution in [3.05, 3.63) is 0 Å². The Labute approximate surface area is 140 Å². The van der Waals surface area contributed by atoms with Gasteiger partial charge in [0.25, 0.3) is 0 Å². The largest absolute Gasteiger partial charge is 0.394 e. The number of rotatable bonds is 12. The Morgan fingerprint density at radius 2 is 1.71 bits per heavy atom. The standard InChI is InChI=1S/C14H29N3O7/c1-7(19)10(12(22)13(23)11(21)9(20)6-18)17-14(24)8(16)4-2-3-5-15/h7-11,13,18-21,23H,2-6,15-16H2,1H3,(H,17,24)/t7-,8+,9+,10+,11-,13?/m1/s1. The van der Waals surface area contributed by atoms with E-state index in [0.29, 0.717) is 25.8 Å². The third-order valence-electron chi connectivity index (χ3n) is 3.59. The fourth-order valence-corrected chi connectivity index (χ4v) is 2.00. The van der Waals surface area contributed by atoms with E-state index in [-0.39, 0.29) is 0 Å². The number of carbonyl (C=O) groups is 2. The summed E-state index contributed by atoms with van der Waals surface area (Å²) in [7, 11) is 0. The molecule has 6 atom stereocenters. The minimum absolute atomic E-state index is 0.332. The van der Waals surface area contributed by atoms with Gasteiger partial charge in [0.2, 0.25) is 5.91 Å². The Hall–Kier alpha value is -1.14. The van der Waals surface area contributed by atoms with Crippen LogP contribution < -0.4 is 16.8 Å². The highest BCUT2D eigenvalue weighted by Crippen LogP contribution is 2.08. The third-order valence-corrected chi connectivity index (χ3v) is 3.59. The van der Waals surface area contributed by atoms with E-state index in [1.54, 1.807) is 0 Å². The second kappa shape index (κ2) is 11.4. The first-order chi connectivity index (χ1) is 11.2. The maximum atomic E-state index is 12.1. The maximum absolute atomic E-state index is 12.1. The van der Waals surface area contributed by atoms with Gasteiger partial charge in [-0.25, -0.2) is 0 Å². The van der Waals surface area contributed by atoms with Crippen LogP contribution in [0, 0.1) is 0 Å². The van der Waals surface area contributed by atoms with Crippen LogP contribution in [-0.4, -0.2) is 86.9 Å². The fourth-order valence-electron chi connectivity index (χ4n) is 2.00. The SMILES string of the molecule is C[C@@H](O)[C@H](NC(=O)[C@@H](N)CCCCN)C(=O)C(O)[C@H](O)[C@@H](O)CO. The summed E-state index contributed by atoms with van der Waals surface area (Å²) in [6.07, 6.45) is -5.54. The second-order valence-electron chi connectivity index (χ2n) is 5.71. The number of hydrogen-bond donors (Lipinski definition) is 8. The lowest BCUT2D eigenvalue weighted by Crippen LogP contribution is -2.58. The van der Waals surface area contributed by atoms with E-state index in [0.717, 1.165) is 0 Å². The Kier molecular flexibility index (Phi) is 10.9. The van der Waals surface area contributed by atoms with Crippen molar-refractivity contribution in [1.29, 1.82) is 0 Å². The molecule has 0 aliphatic rings. The Balaban J connectivity index is 4.84. The van der Waals surface area contributed by atoms with E-state index >= 15 is 0 Å². The summed E-state index contributed by atoms with van der Waals surface area (Å²) in [5, 5.41) is 49.2. The molecule has 0 aliphatic heterocycles. The summed E-state index contributed by atoms with van der Waals surface area (Å²) in [5.74, 6) is -1.80. The maximum Gasteiger partial charge on any atom is 0.237 e. The molecule has 1 amide bonds. The van der Waals surface area contributed by atoms with Gasteiger partial charge in [0.15, 0.2) is 5.78 Å². The van der Waals surface area contributed by atoms with Gasteiger partial charge in [-0.05, 0) is 26.3 Å². The molecule has 0 rings (SSSR count). The van der Waals surface area contributed by atoms with E-state index in [1.165, 1.54) is 6.92 Å². The van der Waals surface area contributed by atoms with E-state index < -0.39 is 54.8 Å². The normalized spacial score (nSPS) is 19.0.